The number of carbonyl (C=O) groups is 1. The Bertz CT molecular complexity index is 719. The molecule has 2 aromatic carbocycles. The van der Waals surface area contributed by atoms with Gasteiger partial charge in [-0.25, -0.2) is 5.06 Å². The lowest BCUT2D eigenvalue weighted by Crippen LogP contribution is -2.48. The number of fused-ring (bicyclic) bond motifs is 1. The van der Waals surface area contributed by atoms with E-state index in [4.69, 9.17) is 9.47 Å². The number of halogens is 1. The van der Waals surface area contributed by atoms with Crippen LogP contribution in [0.1, 0.15) is 12.5 Å². The molecule has 1 aliphatic heterocycles. The van der Waals surface area contributed by atoms with Crippen molar-refractivity contribution in [1.82, 2.24) is 0 Å². The Morgan fingerprint density at radius 2 is 1.91 bits per heavy atom. The van der Waals surface area contributed by atoms with E-state index in [1.54, 1.807) is 19.1 Å². The Balaban J connectivity index is 1.85. The molecule has 0 aliphatic carbocycles. The summed E-state index contributed by atoms with van der Waals surface area (Å²) in [6.45, 7) is 1.89. The average molecular weight is 378 g/mol. The molecule has 0 spiro atoms. The zero-order valence-electron chi connectivity index (χ0n) is 12.5. The maximum atomic E-state index is 11.7. The van der Waals surface area contributed by atoms with Crippen molar-refractivity contribution in [2.45, 2.75) is 18.9 Å². The second kappa shape index (κ2) is 6.22. The molecule has 0 radical (unpaired) electrons. The third kappa shape index (κ3) is 3.18. The van der Waals surface area contributed by atoms with Crippen LogP contribution in [0.5, 0.6) is 11.5 Å². The predicted molar refractivity (Wildman–Crippen MR) is 89.1 cm³/mol. The standard InChI is InChI=1S/C17H16BrNO4/c1-17(10-20,19(21)14-5-3-13(18)4-6-14)9-12-2-7-15-16(8-12)23-11-22-15/h2-8,10,21H,9,11H2,1H3. The van der Waals surface area contributed by atoms with Gasteiger partial charge in [-0.1, -0.05) is 22.0 Å². The number of nitrogens with zero attached hydrogens (tertiary/aromatic N) is 1. The van der Waals surface area contributed by atoms with Crippen LogP contribution in [0, 0.1) is 0 Å². The molecular formula is C17H16BrNO4. The third-order valence-electron chi connectivity index (χ3n) is 3.81. The minimum Gasteiger partial charge on any atom is -0.454 e. The van der Waals surface area contributed by atoms with Crippen LogP contribution in [0.2, 0.25) is 0 Å². The van der Waals surface area contributed by atoms with Gasteiger partial charge in [0.15, 0.2) is 11.5 Å². The van der Waals surface area contributed by atoms with Crippen molar-refractivity contribution in [3.05, 3.63) is 52.5 Å². The fourth-order valence-electron chi connectivity index (χ4n) is 2.51. The smallest absolute Gasteiger partial charge is 0.231 e. The van der Waals surface area contributed by atoms with Gasteiger partial charge in [-0.3, -0.25) is 5.21 Å². The Morgan fingerprint density at radius 3 is 2.61 bits per heavy atom. The van der Waals surface area contributed by atoms with Gasteiger partial charge in [0.25, 0.3) is 0 Å². The first-order valence-corrected chi connectivity index (χ1v) is 7.91. The molecule has 0 aromatic heterocycles. The van der Waals surface area contributed by atoms with Crippen LogP contribution in [0.25, 0.3) is 0 Å². The molecule has 2 aromatic rings. The summed E-state index contributed by atoms with van der Waals surface area (Å²) in [4.78, 5) is 11.7. The molecule has 0 saturated heterocycles. The highest BCUT2D eigenvalue weighted by Crippen LogP contribution is 2.34. The first-order valence-electron chi connectivity index (χ1n) is 7.11. The van der Waals surface area contributed by atoms with Crippen molar-refractivity contribution in [2.75, 3.05) is 11.9 Å². The van der Waals surface area contributed by atoms with E-state index in [-0.39, 0.29) is 6.79 Å². The van der Waals surface area contributed by atoms with Crippen LogP contribution in [0.15, 0.2) is 46.9 Å². The number of hydroxylamine groups is 1. The highest BCUT2D eigenvalue weighted by atomic mass is 79.9. The van der Waals surface area contributed by atoms with Crippen LogP contribution in [-0.4, -0.2) is 23.8 Å². The highest BCUT2D eigenvalue weighted by molar-refractivity contribution is 9.10. The highest BCUT2D eigenvalue weighted by Gasteiger charge is 2.32. The number of carbonyl (C=O) groups excluding carboxylic acids is 1. The van der Waals surface area contributed by atoms with Crippen LogP contribution < -0.4 is 14.5 Å². The summed E-state index contributed by atoms with van der Waals surface area (Å²) in [6.07, 6.45) is 1.08. The summed E-state index contributed by atoms with van der Waals surface area (Å²) in [5.41, 5.74) is 0.324. The molecule has 120 valence electrons. The molecular weight excluding hydrogens is 362 g/mol. The Hall–Kier alpha value is -2.05. The van der Waals surface area contributed by atoms with Crippen LogP contribution in [0.3, 0.4) is 0 Å². The van der Waals surface area contributed by atoms with Gasteiger partial charge in [0.05, 0.1) is 5.69 Å². The van der Waals surface area contributed by atoms with Gasteiger partial charge in [0.1, 0.15) is 11.8 Å². The number of ether oxygens (including phenoxy) is 2. The molecule has 0 fully saturated rings. The lowest BCUT2D eigenvalue weighted by molar-refractivity contribution is -0.113. The second-order valence-electron chi connectivity index (χ2n) is 5.63. The van der Waals surface area contributed by atoms with Gasteiger partial charge >= 0.3 is 0 Å². The molecule has 6 heteroatoms. The number of rotatable bonds is 5. The molecule has 1 N–H and O–H groups in total. The minimum absolute atomic E-state index is 0.203. The maximum absolute atomic E-state index is 11.7. The predicted octanol–water partition coefficient (Wildman–Crippen LogP) is 3.57. The molecule has 3 rings (SSSR count). The van der Waals surface area contributed by atoms with Crippen molar-refractivity contribution in [1.29, 1.82) is 0 Å². The lowest BCUT2D eigenvalue weighted by Gasteiger charge is -2.33. The van der Waals surface area contributed by atoms with Crippen molar-refractivity contribution >= 4 is 27.9 Å². The van der Waals surface area contributed by atoms with Crippen molar-refractivity contribution in [3.63, 3.8) is 0 Å². The Kier molecular flexibility index (Phi) is 4.28. The number of hydrogen-bond acceptors (Lipinski definition) is 5. The van der Waals surface area contributed by atoms with Gasteiger partial charge in [-0.2, -0.15) is 0 Å². The number of anilines is 1. The summed E-state index contributed by atoms with van der Waals surface area (Å²) >= 11 is 3.35. The van der Waals surface area contributed by atoms with E-state index in [0.29, 0.717) is 23.6 Å². The van der Waals surface area contributed by atoms with E-state index in [1.807, 2.05) is 30.3 Å². The number of hydrogen-bond donors (Lipinski definition) is 1. The summed E-state index contributed by atoms with van der Waals surface area (Å²) in [7, 11) is 0. The molecule has 0 bridgehead atoms. The van der Waals surface area contributed by atoms with Crippen LogP contribution in [0.4, 0.5) is 5.69 Å². The van der Waals surface area contributed by atoms with Gasteiger partial charge in [0.2, 0.25) is 6.79 Å². The number of benzene rings is 2. The molecule has 23 heavy (non-hydrogen) atoms. The van der Waals surface area contributed by atoms with Crippen LogP contribution in [-0.2, 0) is 11.2 Å². The molecule has 0 amide bonds. The number of aldehydes is 1. The SMILES string of the molecule is CC(C=O)(Cc1ccc2c(c1)OCO2)N(O)c1ccc(Br)cc1. The monoisotopic (exact) mass is 377 g/mol. The second-order valence-corrected chi connectivity index (χ2v) is 6.54. The van der Waals surface area contributed by atoms with E-state index >= 15 is 0 Å². The van der Waals surface area contributed by atoms with Crippen molar-refractivity contribution in [2.24, 2.45) is 0 Å². The Morgan fingerprint density at radius 1 is 1.22 bits per heavy atom. The van der Waals surface area contributed by atoms with Crippen molar-refractivity contribution < 1.29 is 19.5 Å². The third-order valence-corrected chi connectivity index (χ3v) is 4.34. The van der Waals surface area contributed by atoms with E-state index in [1.165, 1.54) is 0 Å². The average Bonchev–Trinajstić information content (AvgIpc) is 3.02. The molecule has 1 aliphatic rings. The molecule has 1 unspecified atom stereocenters. The van der Waals surface area contributed by atoms with Gasteiger partial charge in [-0.05, 0) is 48.9 Å². The summed E-state index contributed by atoms with van der Waals surface area (Å²) in [5, 5.41) is 11.5. The summed E-state index contributed by atoms with van der Waals surface area (Å²) in [6, 6.07) is 12.6. The summed E-state index contributed by atoms with van der Waals surface area (Å²) in [5.74, 6) is 1.35. The van der Waals surface area contributed by atoms with Gasteiger partial charge in [-0.15, -0.1) is 0 Å². The summed E-state index contributed by atoms with van der Waals surface area (Å²) < 4.78 is 11.5. The van der Waals surface area contributed by atoms with Gasteiger partial charge in [0, 0.05) is 10.9 Å². The van der Waals surface area contributed by atoms with Crippen molar-refractivity contribution in [3.8, 4) is 11.5 Å². The van der Waals surface area contributed by atoms with E-state index in [9.17, 15) is 10.0 Å². The normalized spacial score (nSPS) is 15.1. The fraction of sp³-hybridized carbons (Fsp3) is 0.235. The van der Waals surface area contributed by atoms with E-state index in [0.717, 1.165) is 21.4 Å². The molecule has 1 heterocycles. The molecule has 0 saturated carbocycles. The molecule has 1 atom stereocenters. The zero-order chi connectivity index (χ0) is 16.4. The first kappa shape index (κ1) is 15.8. The first-order chi connectivity index (χ1) is 11.0. The zero-order valence-corrected chi connectivity index (χ0v) is 14.1. The lowest BCUT2D eigenvalue weighted by atomic mass is 9.93. The van der Waals surface area contributed by atoms with Gasteiger partial charge < -0.3 is 14.3 Å². The quantitative estimate of drug-likeness (QED) is 0.637. The largest absolute Gasteiger partial charge is 0.454 e. The maximum Gasteiger partial charge on any atom is 0.231 e. The Labute approximate surface area is 142 Å². The van der Waals surface area contributed by atoms with E-state index in [2.05, 4.69) is 15.9 Å². The minimum atomic E-state index is -1.10. The van der Waals surface area contributed by atoms with E-state index < -0.39 is 5.54 Å². The topological polar surface area (TPSA) is 59.0 Å². The fourth-order valence-corrected chi connectivity index (χ4v) is 2.77. The molecule has 5 nitrogen and oxygen atoms in total. The van der Waals surface area contributed by atoms with Crippen LogP contribution >= 0.6 is 15.9 Å².